The molecule has 6 nitrogen and oxygen atoms in total. The topological polar surface area (TPSA) is 73.9 Å². The molecule has 0 radical (unpaired) electrons. The lowest BCUT2D eigenvalue weighted by molar-refractivity contribution is -0.160. The summed E-state index contributed by atoms with van der Waals surface area (Å²) in [5.41, 5.74) is 0.0107. The maximum atomic E-state index is 12.4. The van der Waals surface area contributed by atoms with Gasteiger partial charge in [0.15, 0.2) is 5.72 Å². The van der Waals surface area contributed by atoms with E-state index >= 15 is 0 Å². The van der Waals surface area contributed by atoms with Crippen molar-refractivity contribution < 1.29 is 23.8 Å². The lowest BCUT2D eigenvalue weighted by Crippen LogP contribution is -2.62. The molecule has 1 N–H and O–H groups in total. The molecule has 0 saturated carbocycles. The first kappa shape index (κ1) is 14.7. The predicted molar refractivity (Wildman–Crippen MR) is 77.7 cm³/mol. The van der Waals surface area contributed by atoms with Crippen LogP contribution in [0.2, 0.25) is 0 Å². The van der Waals surface area contributed by atoms with E-state index in [9.17, 15) is 9.59 Å². The minimum absolute atomic E-state index is 0.244. The van der Waals surface area contributed by atoms with Gasteiger partial charge >= 0.3 is 5.97 Å². The summed E-state index contributed by atoms with van der Waals surface area (Å²) in [4.78, 5) is 24.6. The minimum atomic E-state index is -0.859. The second kappa shape index (κ2) is 5.19. The number of methoxy groups -OCH3 is 1. The van der Waals surface area contributed by atoms with Gasteiger partial charge in [0.25, 0.3) is 0 Å². The summed E-state index contributed by atoms with van der Waals surface area (Å²) >= 11 is 0. The van der Waals surface area contributed by atoms with E-state index in [-0.39, 0.29) is 18.4 Å². The number of nitrogens with one attached hydrogen (secondary N) is 1. The minimum Gasteiger partial charge on any atom is -0.497 e. The molecule has 6 heteroatoms. The Kier molecular flexibility index (Phi) is 3.47. The normalized spacial score (nSPS) is 29.0. The van der Waals surface area contributed by atoms with Gasteiger partial charge in [0.2, 0.25) is 5.91 Å². The molecule has 1 fully saturated rings. The molecule has 3 atom stereocenters. The first-order valence-electron chi connectivity index (χ1n) is 7.33. The van der Waals surface area contributed by atoms with Crippen LogP contribution in [0, 0.1) is 5.92 Å². The third kappa shape index (κ3) is 2.28. The van der Waals surface area contributed by atoms with Crippen LogP contribution in [0.25, 0.3) is 0 Å². The molecule has 2 bridgehead atoms. The van der Waals surface area contributed by atoms with Gasteiger partial charge in [0, 0.05) is 17.9 Å². The smallest absolute Gasteiger partial charge is 0.319 e. The van der Waals surface area contributed by atoms with Crippen molar-refractivity contribution in [3.8, 4) is 11.5 Å². The first-order valence-corrected chi connectivity index (χ1v) is 7.33. The molecule has 118 valence electrons. The van der Waals surface area contributed by atoms with Gasteiger partial charge in [-0.3, -0.25) is 9.59 Å². The monoisotopic (exact) mass is 305 g/mol. The number of piperidine rings is 1. The van der Waals surface area contributed by atoms with E-state index in [0.29, 0.717) is 17.9 Å². The molecule has 2 aliphatic heterocycles. The zero-order chi connectivity index (χ0) is 15.9. The number of rotatable bonds is 3. The van der Waals surface area contributed by atoms with Crippen LogP contribution in [0.1, 0.15) is 31.7 Å². The van der Waals surface area contributed by atoms with Crippen LogP contribution in [-0.4, -0.2) is 31.3 Å². The van der Waals surface area contributed by atoms with Crippen molar-refractivity contribution in [3.63, 3.8) is 0 Å². The molecule has 3 rings (SSSR count). The number of benzene rings is 1. The largest absolute Gasteiger partial charge is 0.497 e. The Labute approximate surface area is 128 Å². The van der Waals surface area contributed by atoms with Crippen LogP contribution < -0.4 is 14.8 Å². The first-order chi connectivity index (χ1) is 10.5. The maximum absolute atomic E-state index is 12.4. The zero-order valence-electron chi connectivity index (χ0n) is 12.8. The highest BCUT2D eigenvalue weighted by Gasteiger charge is 2.52. The molecule has 1 aromatic rings. The van der Waals surface area contributed by atoms with Crippen molar-refractivity contribution in [2.45, 2.75) is 31.9 Å². The third-order valence-corrected chi connectivity index (χ3v) is 4.17. The molecule has 1 saturated heterocycles. The summed E-state index contributed by atoms with van der Waals surface area (Å²) in [6, 6.07) is 5.42. The summed E-state index contributed by atoms with van der Waals surface area (Å²) in [6.45, 7) is 3.78. The van der Waals surface area contributed by atoms with Crippen LogP contribution in [0.15, 0.2) is 18.2 Å². The number of hydrogen-bond donors (Lipinski definition) is 1. The average Bonchev–Trinajstić information content (AvgIpc) is 2.46. The number of carbonyl (C=O) groups is 2. The standard InChI is InChI=1S/C16H19NO5/c1-4-21-15(19)13-11-8-16(2,17-14(13)18)22-12-6-5-9(20-3)7-10(11)12/h5-7,11,13H,4,8H2,1-3H3,(H,17,18)/t11-,13-,16-/m0/s1. The Morgan fingerprint density at radius 1 is 1.50 bits per heavy atom. The van der Waals surface area contributed by atoms with Crippen LogP contribution in [0.5, 0.6) is 11.5 Å². The molecule has 0 aromatic heterocycles. The van der Waals surface area contributed by atoms with Crippen LogP contribution in [-0.2, 0) is 14.3 Å². The van der Waals surface area contributed by atoms with Gasteiger partial charge < -0.3 is 19.5 Å². The molecule has 0 aliphatic carbocycles. The third-order valence-electron chi connectivity index (χ3n) is 4.17. The molecule has 0 unspecified atom stereocenters. The molecule has 1 aromatic carbocycles. The SMILES string of the molecule is CCOC(=O)[C@@H]1C(=O)N[C@]2(C)C[C@H]1c1cc(OC)ccc1O2. The van der Waals surface area contributed by atoms with Gasteiger partial charge in [0.05, 0.1) is 13.7 Å². The fourth-order valence-electron chi connectivity index (χ4n) is 3.25. The number of carbonyl (C=O) groups excluding carboxylic acids is 2. The van der Waals surface area contributed by atoms with E-state index in [0.717, 1.165) is 5.56 Å². The van der Waals surface area contributed by atoms with E-state index in [1.165, 1.54) is 0 Å². The highest BCUT2D eigenvalue weighted by Crippen LogP contribution is 2.47. The zero-order valence-corrected chi connectivity index (χ0v) is 12.8. The van der Waals surface area contributed by atoms with Gasteiger partial charge in [-0.1, -0.05) is 0 Å². The summed E-state index contributed by atoms with van der Waals surface area (Å²) in [5.74, 6) is -0.666. The average molecular weight is 305 g/mol. The van der Waals surface area contributed by atoms with Gasteiger partial charge in [0.1, 0.15) is 17.4 Å². The molecule has 2 heterocycles. The molecule has 22 heavy (non-hydrogen) atoms. The van der Waals surface area contributed by atoms with Gasteiger partial charge in [-0.05, 0) is 32.0 Å². The van der Waals surface area contributed by atoms with E-state index in [1.54, 1.807) is 26.2 Å². The van der Waals surface area contributed by atoms with Crippen molar-refractivity contribution in [3.05, 3.63) is 23.8 Å². The van der Waals surface area contributed by atoms with Crippen LogP contribution in [0.4, 0.5) is 0 Å². The molecule has 1 amide bonds. The summed E-state index contributed by atoms with van der Waals surface area (Å²) in [5, 5.41) is 2.79. The molecular weight excluding hydrogens is 286 g/mol. The molecule has 0 spiro atoms. The molecule has 2 aliphatic rings. The Morgan fingerprint density at radius 2 is 2.27 bits per heavy atom. The van der Waals surface area contributed by atoms with Gasteiger partial charge in [-0.15, -0.1) is 0 Å². The number of ether oxygens (including phenoxy) is 3. The van der Waals surface area contributed by atoms with Crippen molar-refractivity contribution in [2.24, 2.45) is 5.92 Å². The lowest BCUT2D eigenvalue weighted by atomic mass is 9.75. The number of hydrogen-bond acceptors (Lipinski definition) is 5. The summed E-state index contributed by atoms with van der Waals surface area (Å²) in [7, 11) is 1.58. The van der Waals surface area contributed by atoms with Crippen LogP contribution in [0.3, 0.4) is 0 Å². The summed E-state index contributed by atoms with van der Waals surface area (Å²) < 4.78 is 16.2. The second-order valence-corrected chi connectivity index (χ2v) is 5.77. The highest BCUT2D eigenvalue weighted by atomic mass is 16.5. The van der Waals surface area contributed by atoms with E-state index in [4.69, 9.17) is 14.2 Å². The Morgan fingerprint density at radius 3 is 2.95 bits per heavy atom. The van der Waals surface area contributed by atoms with Crippen molar-refractivity contribution in [1.82, 2.24) is 5.32 Å². The Hall–Kier alpha value is -2.24. The quantitative estimate of drug-likeness (QED) is 0.678. The predicted octanol–water partition coefficient (Wildman–Crippen LogP) is 1.59. The highest BCUT2D eigenvalue weighted by molar-refractivity contribution is 6.00. The number of esters is 1. The van der Waals surface area contributed by atoms with Crippen molar-refractivity contribution in [2.75, 3.05) is 13.7 Å². The Bertz CT molecular complexity index is 629. The Balaban J connectivity index is 2.06. The number of amides is 1. The fourth-order valence-corrected chi connectivity index (χ4v) is 3.25. The lowest BCUT2D eigenvalue weighted by Gasteiger charge is -2.46. The maximum Gasteiger partial charge on any atom is 0.319 e. The van der Waals surface area contributed by atoms with Crippen molar-refractivity contribution >= 4 is 11.9 Å². The van der Waals surface area contributed by atoms with Crippen LogP contribution >= 0.6 is 0 Å². The van der Waals surface area contributed by atoms with E-state index < -0.39 is 17.6 Å². The van der Waals surface area contributed by atoms with Crippen molar-refractivity contribution in [1.29, 1.82) is 0 Å². The fraction of sp³-hybridized carbons (Fsp3) is 0.500. The second-order valence-electron chi connectivity index (χ2n) is 5.77. The van der Waals surface area contributed by atoms with E-state index in [2.05, 4.69) is 5.32 Å². The van der Waals surface area contributed by atoms with Gasteiger partial charge in [-0.2, -0.15) is 0 Å². The van der Waals surface area contributed by atoms with Gasteiger partial charge in [-0.25, -0.2) is 0 Å². The van der Waals surface area contributed by atoms with E-state index in [1.807, 2.05) is 13.0 Å². The summed E-state index contributed by atoms with van der Waals surface area (Å²) in [6.07, 6.45) is 0.516. The number of fused-ring (bicyclic) bond motifs is 4. The molecular formula is C16H19NO5.